The Balaban J connectivity index is 2.58. The second-order valence-electron chi connectivity index (χ2n) is 6.26. The van der Waals surface area contributed by atoms with Gasteiger partial charge in [0.1, 0.15) is 0 Å². The molecule has 0 aromatic heterocycles. The van der Waals surface area contributed by atoms with Gasteiger partial charge in [0.05, 0.1) is 0 Å². The molecular formula is C16H28N2. The van der Waals surface area contributed by atoms with Gasteiger partial charge in [0.15, 0.2) is 0 Å². The first-order chi connectivity index (χ1) is 8.34. The van der Waals surface area contributed by atoms with E-state index in [4.69, 9.17) is 0 Å². The molecule has 0 aliphatic rings. The molecule has 0 amide bonds. The van der Waals surface area contributed by atoms with Crippen LogP contribution in [0.5, 0.6) is 0 Å². The van der Waals surface area contributed by atoms with Crippen molar-refractivity contribution in [3.63, 3.8) is 0 Å². The van der Waals surface area contributed by atoms with Gasteiger partial charge < -0.3 is 10.2 Å². The molecule has 1 rings (SSSR count). The molecule has 102 valence electrons. The Bertz CT molecular complexity index is 366. The average Bonchev–Trinajstić information content (AvgIpc) is 2.27. The zero-order chi connectivity index (χ0) is 13.8. The Kier molecular flexibility index (Phi) is 5.21. The lowest BCUT2D eigenvalue weighted by Crippen LogP contribution is -2.40. The van der Waals surface area contributed by atoms with E-state index in [2.05, 4.69) is 76.3 Å². The van der Waals surface area contributed by atoms with Crippen molar-refractivity contribution in [3.8, 4) is 0 Å². The monoisotopic (exact) mass is 248 g/mol. The van der Waals surface area contributed by atoms with E-state index in [-0.39, 0.29) is 0 Å². The zero-order valence-corrected chi connectivity index (χ0v) is 12.7. The molecule has 0 radical (unpaired) electrons. The van der Waals surface area contributed by atoms with Crippen LogP contribution in [0.3, 0.4) is 0 Å². The minimum Gasteiger partial charge on any atom is -0.375 e. The predicted molar refractivity (Wildman–Crippen MR) is 81.4 cm³/mol. The van der Waals surface area contributed by atoms with Crippen LogP contribution in [0.15, 0.2) is 24.3 Å². The topological polar surface area (TPSA) is 15.3 Å². The Hall–Kier alpha value is -1.02. The Morgan fingerprint density at radius 3 is 2.44 bits per heavy atom. The highest BCUT2D eigenvalue weighted by atomic mass is 15.1. The first-order valence-corrected chi connectivity index (χ1v) is 6.79. The summed E-state index contributed by atoms with van der Waals surface area (Å²) in [6.07, 6.45) is 1.16. The highest BCUT2D eigenvalue weighted by molar-refractivity contribution is 5.47. The molecule has 0 heterocycles. The van der Waals surface area contributed by atoms with Crippen molar-refractivity contribution in [2.24, 2.45) is 5.41 Å². The maximum atomic E-state index is 3.43. The van der Waals surface area contributed by atoms with Gasteiger partial charge in [-0.05, 0) is 43.5 Å². The highest BCUT2D eigenvalue weighted by Crippen LogP contribution is 2.22. The van der Waals surface area contributed by atoms with Crippen LogP contribution in [-0.4, -0.2) is 26.7 Å². The fourth-order valence-electron chi connectivity index (χ4n) is 2.33. The second kappa shape index (κ2) is 6.24. The number of hydrogen-bond acceptors (Lipinski definition) is 2. The maximum absolute atomic E-state index is 3.43. The number of aryl methyl sites for hydroxylation is 1. The molecule has 1 aromatic carbocycles. The van der Waals surface area contributed by atoms with E-state index in [1.165, 1.54) is 11.3 Å². The molecule has 1 unspecified atom stereocenters. The van der Waals surface area contributed by atoms with Crippen molar-refractivity contribution >= 4 is 5.69 Å². The summed E-state index contributed by atoms with van der Waals surface area (Å²) >= 11 is 0. The molecule has 1 N–H and O–H groups in total. The van der Waals surface area contributed by atoms with Crippen LogP contribution >= 0.6 is 0 Å². The summed E-state index contributed by atoms with van der Waals surface area (Å²) in [6, 6.07) is 9.23. The summed E-state index contributed by atoms with van der Waals surface area (Å²) < 4.78 is 0. The quantitative estimate of drug-likeness (QED) is 0.858. The summed E-state index contributed by atoms with van der Waals surface area (Å²) in [5.41, 5.74) is 2.93. The predicted octanol–water partition coefficient (Wildman–Crippen LogP) is 3.46. The molecule has 2 heteroatoms. The summed E-state index contributed by atoms with van der Waals surface area (Å²) in [7, 11) is 4.23. The number of nitrogens with zero attached hydrogens (tertiary/aromatic N) is 1. The van der Waals surface area contributed by atoms with E-state index < -0.39 is 0 Å². The molecule has 0 aliphatic heterocycles. The molecule has 0 saturated carbocycles. The Labute approximate surface area is 112 Å². The summed E-state index contributed by atoms with van der Waals surface area (Å²) in [4.78, 5) is 2.34. The highest BCUT2D eigenvalue weighted by Gasteiger charge is 2.22. The van der Waals surface area contributed by atoms with E-state index >= 15 is 0 Å². The smallest absolute Gasteiger partial charge is 0.0366 e. The molecule has 18 heavy (non-hydrogen) atoms. The van der Waals surface area contributed by atoms with Crippen LogP contribution in [0, 0.1) is 12.3 Å². The SMILES string of the molecule is CNC(CCN(C)c1cccc(C)c1)C(C)(C)C. The van der Waals surface area contributed by atoms with Crippen LogP contribution < -0.4 is 10.2 Å². The van der Waals surface area contributed by atoms with Crippen LogP contribution in [0.1, 0.15) is 32.8 Å². The Morgan fingerprint density at radius 1 is 1.28 bits per heavy atom. The third-order valence-corrected chi connectivity index (χ3v) is 3.59. The number of hydrogen-bond donors (Lipinski definition) is 1. The molecule has 0 saturated heterocycles. The molecule has 0 fully saturated rings. The summed E-state index contributed by atoms with van der Waals surface area (Å²) in [5, 5.41) is 3.43. The molecule has 2 nitrogen and oxygen atoms in total. The van der Waals surface area contributed by atoms with Crippen molar-refractivity contribution in [1.29, 1.82) is 0 Å². The number of rotatable bonds is 5. The molecular weight excluding hydrogens is 220 g/mol. The molecule has 1 aromatic rings. The Morgan fingerprint density at radius 2 is 1.94 bits per heavy atom. The molecule has 0 bridgehead atoms. The summed E-state index contributed by atoms with van der Waals surface area (Å²) in [6.45, 7) is 10.1. The normalized spacial score (nSPS) is 13.4. The van der Waals surface area contributed by atoms with Gasteiger partial charge in [-0.2, -0.15) is 0 Å². The van der Waals surface area contributed by atoms with Gasteiger partial charge in [0, 0.05) is 25.3 Å². The molecule has 1 atom stereocenters. The first kappa shape index (κ1) is 15.0. The van der Waals surface area contributed by atoms with Crippen molar-refractivity contribution in [1.82, 2.24) is 5.32 Å². The van der Waals surface area contributed by atoms with Gasteiger partial charge in [-0.15, -0.1) is 0 Å². The van der Waals surface area contributed by atoms with E-state index in [1.807, 2.05) is 0 Å². The van der Waals surface area contributed by atoms with Gasteiger partial charge >= 0.3 is 0 Å². The minimum atomic E-state index is 0.308. The number of nitrogens with one attached hydrogen (secondary N) is 1. The molecule has 0 aliphatic carbocycles. The lowest BCUT2D eigenvalue weighted by molar-refractivity contribution is 0.270. The van der Waals surface area contributed by atoms with Crippen molar-refractivity contribution < 1.29 is 0 Å². The van der Waals surface area contributed by atoms with Gasteiger partial charge in [0.2, 0.25) is 0 Å². The number of benzene rings is 1. The third-order valence-electron chi connectivity index (χ3n) is 3.59. The van der Waals surface area contributed by atoms with Crippen LogP contribution in [-0.2, 0) is 0 Å². The first-order valence-electron chi connectivity index (χ1n) is 6.79. The fraction of sp³-hybridized carbons (Fsp3) is 0.625. The maximum Gasteiger partial charge on any atom is 0.0366 e. The lowest BCUT2D eigenvalue weighted by Gasteiger charge is -2.32. The largest absolute Gasteiger partial charge is 0.375 e. The average molecular weight is 248 g/mol. The van der Waals surface area contributed by atoms with Gasteiger partial charge in [-0.3, -0.25) is 0 Å². The van der Waals surface area contributed by atoms with E-state index in [0.717, 1.165) is 13.0 Å². The van der Waals surface area contributed by atoms with E-state index in [1.54, 1.807) is 0 Å². The molecule has 0 spiro atoms. The van der Waals surface area contributed by atoms with Crippen molar-refractivity contribution in [2.45, 2.75) is 40.2 Å². The van der Waals surface area contributed by atoms with Crippen molar-refractivity contribution in [2.75, 3.05) is 25.5 Å². The van der Waals surface area contributed by atoms with Crippen LogP contribution in [0.4, 0.5) is 5.69 Å². The van der Waals surface area contributed by atoms with E-state index in [0.29, 0.717) is 11.5 Å². The van der Waals surface area contributed by atoms with Gasteiger partial charge in [-0.1, -0.05) is 32.9 Å². The fourth-order valence-corrected chi connectivity index (χ4v) is 2.33. The van der Waals surface area contributed by atoms with Crippen LogP contribution in [0.2, 0.25) is 0 Å². The van der Waals surface area contributed by atoms with Crippen molar-refractivity contribution in [3.05, 3.63) is 29.8 Å². The standard InChI is InChI=1S/C16H28N2/c1-13-8-7-9-14(12-13)18(6)11-10-15(17-5)16(2,3)4/h7-9,12,15,17H,10-11H2,1-6H3. The number of anilines is 1. The van der Waals surface area contributed by atoms with Crippen LogP contribution in [0.25, 0.3) is 0 Å². The van der Waals surface area contributed by atoms with E-state index in [9.17, 15) is 0 Å². The second-order valence-corrected chi connectivity index (χ2v) is 6.26. The lowest BCUT2D eigenvalue weighted by atomic mass is 9.85. The third kappa shape index (κ3) is 4.34. The minimum absolute atomic E-state index is 0.308. The zero-order valence-electron chi connectivity index (χ0n) is 12.7. The van der Waals surface area contributed by atoms with Gasteiger partial charge in [0.25, 0.3) is 0 Å². The summed E-state index contributed by atoms with van der Waals surface area (Å²) in [5.74, 6) is 0. The van der Waals surface area contributed by atoms with Gasteiger partial charge in [-0.25, -0.2) is 0 Å².